The second-order valence-corrected chi connectivity index (χ2v) is 6.39. The Labute approximate surface area is 127 Å². The lowest BCUT2D eigenvalue weighted by molar-refractivity contribution is -0.147. The molecule has 0 saturated heterocycles. The van der Waals surface area contributed by atoms with Crippen molar-refractivity contribution in [3.8, 4) is 0 Å². The van der Waals surface area contributed by atoms with Crippen LogP contribution < -0.4 is 0 Å². The number of rotatable bonds is 7. The second kappa shape index (κ2) is 7.68. The minimum absolute atomic E-state index is 0.179. The Morgan fingerprint density at radius 3 is 2.40 bits per heavy atom. The molecular formula is C17H25ClO2. The molecule has 0 amide bonds. The van der Waals surface area contributed by atoms with Gasteiger partial charge in [0.2, 0.25) is 0 Å². The maximum Gasteiger partial charge on any atom is 0.313 e. The van der Waals surface area contributed by atoms with E-state index in [2.05, 4.69) is 19.1 Å². The van der Waals surface area contributed by atoms with E-state index in [1.807, 2.05) is 32.9 Å². The molecule has 1 rings (SSSR count). The Kier molecular flexibility index (Phi) is 6.54. The van der Waals surface area contributed by atoms with Gasteiger partial charge in [0, 0.05) is 11.3 Å². The Balaban J connectivity index is 2.60. The summed E-state index contributed by atoms with van der Waals surface area (Å²) in [4.78, 5) is 12.1. The van der Waals surface area contributed by atoms with Crippen LogP contribution in [0.4, 0.5) is 0 Å². The van der Waals surface area contributed by atoms with Crippen molar-refractivity contribution < 1.29 is 9.53 Å². The molecule has 1 aromatic carbocycles. The monoisotopic (exact) mass is 296 g/mol. The van der Waals surface area contributed by atoms with Crippen molar-refractivity contribution in [2.24, 2.45) is 5.41 Å². The molecule has 20 heavy (non-hydrogen) atoms. The number of carbonyl (C=O) groups is 1. The summed E-state index contributed by atoms with van der Waals surface area (Å²) in [5.41, 5.74) is 2.13. The van der Waals surface area contributed by atoms with Gasteiger partial charge in [-0.1, -0.05) is 51.5 Å². The molecule has 0 aliphatic heterocycles. The lowest BCUT2D eigenvalue weighted by Crippen LogP contribution is -2.25. The van der Waals surface area contributed by atoms with Crippen LogP contribution in [0.25, 0.3) is 0 Å². The highest BCUT2D eigenvalue weighted by Gasteiger charge is 2.22. The van der Waals surface area contributed by atoms with Gasteiger partial charge in [-0.25, -0.2) is 0 Å². The molecule has 0 aliphatic carbocycles. The first-order valence-corrected chi connectivity index (χ1v) is 7.74. The van der Waals surface area contributed by atoms with E-state index >= 15 is 0 Å². The number of esters is 1. The van der Waals surface area contributed by atoms with E-state index in [1.165, 1.54) is 5.56 Å². The molecule has 0 radical (unpaired) electrons. The van der Waals surface area contributed by atoms with Gasteiger partial charge in [-0.05, 0) is 24.5 Å². The van der Waals surface area contributed by atoms with Crippen LogP contribution in [0.5, 0.6) is 0 Å². The standard InChI is InChI=1S/C17H25ClO2/c1-5-6-14-7-9-15(10-8-14)13(2)16(19)20-12-17(3,4)11-18/h7-10,13H,5-6,11-12H2,1-4H3. The van der Waals surface area contributed by atoms with Crippen LogP contribution in [-0.4, -0.2) is 18.5 Å². The molecule has 1 aromatic rings. The topological polar surface area (TPSA) is 26.3 Å². The Morgan fingerprint density at radius 2 is 1.90 bits per heavy atom. The highest BCUT2D eigenvalue weighted by Crippen LogP contribution is 2.21. The van der Waals surface area contributed by atoms with E-state index < -0.39 is 0 Å². The van der Waals surface area contributed by atoms with Crippen molar-refractivity contribution in [1.82, 2.24) is 0 Å². The largest absolute Gasteiger partial charge is 0.465 e. The number of carbonyl (C=O) groups excluding carboxylic acids is 1. The van der Waals surface area contributed by atoms with Crippen LogP contribution in [0.3, 0.4) is 0 Å². The summed E-state index contributed by atoms with van der Waals surface area (Å²) < 4.78 is 5.37. The van der Waals surface area contributed by atoms with Gasteiger partial charge in [-0.15, -0.1) is 11.6 Å². The molecule has 0 fully saturated rings. The number of benzene rings is 1. The maximum atomic E-state index is 12.1. The highest BCUT2D eigenvalue weighted by atomic mass is 35.5. The molecule has 0 aromatic heterocycles. The summed E-state index contributed by atoms with van der Waals surface area (Å²) in [6.07, 6.45) is 2.20. The zero-order chi connectivity index (χ0) is 15.2. The van der Waals surface area contributed by atoms with Gasteiger partial charge in [-0.2, -0.15) is 0 Å². The van der Waals surface area contributed by atoms with E-state index in [9.17, 15) is 4.79 Å². The third-order valence-corrected chi connectivity index (χ3v) is 4.06. The molecule has 0 heterocycles. The minimum Gasteiger partial charge on any atom is -0.465 e. The Bertz CT molecular complexity index is 423. The van der Waals surface area contributed by atoms with E-state index in [-0.39, 0.29) is 17.3 Å². The van der Waals surface area contributed by atoms with Crippen molar-refractivity contribution >= 4 is 17.6 Å². The first kappa shape index (κ1) is 17.0. The molecule has 1 unspecified atom stereocenters. The number of hydrogen-bond donors (Lipinski definition) is 0. The van der Waals surface area contributed by atoms with E-state index in [0.717, 1.165) is 18.4 Å². The fraction of sp³-hybridized carbons (Fsp3) is 0.588. The summed E-state index contributed by atoms with van der Waals surface area (Å²) in [5, 5.41) is 0. The van der Waals surface area contributed by atoms with Crippen LogP contribution in [0.15, 0.2) is 24.3 Å². The van der Waals surface area contributed by atoms with E-state index in [0.29, 0.717) is 12.5 Å². The third kappa shape index (κ3) is 5.16. The molecule has 0 N–H and O–H groups in total. The van der Waals surface area contributed by atoms with Gasteiger partial charge in [-0.3, -0.25) is 4.79 Å². The molecule has 112 valence electrons. The lowest BCUT2D eigenvalue weighted by atomic mass is 9.97. The van der Waals surface area contributed by atoms with Crippen LogP contribution in [0.2, 0.25) is 0 Å². The lowest BCUT2D eigenvalue weighted by Gasteiger charge is -2.22. The van der Waals surface area contributed by atoms with Crippen molar-refractivity contribution in [2.45, 2.75) is 46.5 Å². The predicted molar refractivity (Wildman–Crippen MR) is 84.3 cm³/mol. The molecule has 1 atom stereocenters. The fourth-order valence-corrected chi connectivity index (χ4v) is 1.90. The number of hydrogen-bond acceptors (Lipinski definition) is 2. The first-order valence-electron chi connectivity index (χ1n) is 7.21. The summed E-state index contributed by atoms with van der Waals surface area (Å²) in [6, 6.07) is 8.21. The van der Waals surface area contributed by atoms with Crippen molar-refractivity contribution in [3.05, 3.63) is 35.4 Å². The van der Waals surface area contributed by atoms with E-state index in [4.69, 9.17) is 16.3 Å². The normalized spacial score (nSPS) is 13.1. The van der Waals surface area contributed by atoms with Gasteiger partial charge in [0.05, 0.1) is 12.5 Å². The van der Waals surface area contributed by atoms with Crippen LogP contribution in [0.1, 0.15) is 51.2 Å². The average molecular weight is 297 g/mol. The van der Waals surface area contributed by atoms with Gasteiger partial charge >= 0.3 is 5.97 Å². The van der Waals surface area contributed by atoms with Crippen LogP contribution in [0, 0.1) is 5.41 Å². The Morgan fingerprint density at radius 1 is 1.30 bits per heavy atom. The molecule has 0 saturated carbocycles. The van der Waals surface area contributed by atoms with Crippen molar-refractivity contribution in [2.75, 3.05) is 12.5 Å². The van der Waals surface area contributed by atoms with Gasteiger partial charge in [0.1, 0.15) is 0 Å². The summed E-state index contributed by atoms with van der Waals surface area (Å²) in [5.74, 6) is 0.0450. The molecule has 2 nitrogen and oxygen atoms in total. The molecular weight excluding hydrogens is 272 g/mol. The van der Waals surface area contributed by atoms with Gasteiger partial charge < -0.3 is 4.74 Å². The quantitative estimate of drug-likeness (QED) is 0.545. The number of halogens is 1. The number of alkyl halides is 1. The summed E-state index contributed by atoms with van der Waals surface area (Å²) in [7, 11) is 0. The third-order valence-electron chi connectivity index (χ3n) is 3.34. The zero-order valence-electron chi connectivity index (χ0n) is 12.9. The van der Waals surface area contributed by atoms with Crippen LogP contribution in [-0.2, 0) is 16.0 Å². The molecule has 0 spiro atoms. The number of aryl methyl sites for hydroxylation is 1. The Hall–Kier alpha value is -1.02. The van der Waals surface area contributed by atoms with Gasteiger partial charge in [0.25, 0.3) is 0 Å². The minimum atomic E-state index is -0.239. The highest BCUT2D eigenvalue weighted by molar-refractivity contribution is 6.18. The van der Waals surface area contributed by atoms with E-state index in [1.54, 1.807) is 0 Å². The van der Waals surface area contributed by atoms with Crippen molar-refractivity contribution in [1.29, 1.82) is 0 Å². The molecule has 0 aliphatic rings. The first-order chi connectivity index (χ1) is 9.39. The van der Waals surface area contributed by atoms with Gasteiger partial charge in [0.15, 0.2) is 0 Å². The predicted octanol–water partition coefficient (Wildman–Crippen LogP) is 4.55. The maximum absolute atomic E-state index is 12.1. The average Bonchev–Trinajstić information content (AvgIpc) is 2.45. The summed E-state index contributed by atoms with van der Waals surface area (Å²) >= 11 is 5.83. The van der Waals surface area contributed by atoms with Crippen LogP contribution >= 0.6 is 11.6 Å². The zero-order valence-corrected chi connectivity index (χ0v) is 13.7. The second-order valence-electron chi connectivity index (χ2n) is 6.12. The molecule has 0 bridgehead atoms. The number of ether oxygens (including phenoxy) is 1. The fourth-order valence-electron chi connectivity index (χ4n) is 1.83. The van der Waals surface area contributed by atoms with Crippen molar-refractivity contribution in [3.63, 3.8) is 0 Å². The molecule has 3 heteroatoms. The summed E-state index contributed by atoms with van der Waals surface area (Å²) in [6.45, 7) is 8.36. The SMILES string of the molecule is CCCc1ccc(C(C)C(=O)OCC(C)(C)CCl)cc1. The smallest absolute Gasteiger partial charge is 0.313 e.